The van der Waals surface area contributed by atoms with E-state index in [1.807, 2.05) is 7.05 Å². The van der Waals surface area contributed by atoms with Crippen LogP contribution in [-0.4, -0.2) is 14.6 Å². The van der Waals surface area contributed by atoms with E-state index in [0.717, 1.165) is 23.9 Å². The number of hydrogen-bond acceptors (Lipinski definition) is 3. The quantitative estimate of drug-likeness (QED) is 0.541. The molecule has 0 fully saturated rings. The van der Waals surface area contributed by atoms with Gasteiger partial charge >= 0.3 is 0 Å². The lowest BCUT2D eigenvalue weighted by Gasteiger charge is -2.04. The molecule has 2 aromatic rings. The fraction of sp³-hybridized carbons (Fsp3) is 0.500. The molecule has 80 valence electrons. The van der Waals surface area contributed by atoms with Crippen LogP contribution in [0.2, 0.25) is 0 Å². The lowest BCUT2D eigenvalue weighted by Crippen LogP contribution is -2.36. The second-order valence-electron chi connectivity index (χ2n) is 3.71. The minimum Gasteiger partial charge on any atom is -0.594 e. The van der Waals surface area contributed by atoms with E-state index >= 15 is 0 Å². The van der Waals surface area contributed by atoms with Gasteiger partial charge in [-0.15, -0.1) is 0 Å². The van der Waals surface area contributed by atoms with Crippen molar-refractivity contribution in [2.45, 2.75) is 26.7 Å². The van der Waals surface area contributed by atoms with Gasteiger partial charge in [0.1, 0.15) is 5.52 Å². The smallest absolute Gasteiger partial charge is 0.229 e. The first-order valence-corrected chi connectivity index (χ1v) is 5.05. The van der Waals surface area contributed by atoms with Crippen molar-refractivity contribution in [3.05, 3.63) is 22.8 Å². The largest absolute Gasteiger partial charge is 0.594 e. The summed E-state index contributed by atoms with van der Waals surface area (Å²) in [5.74, 6) is 0. The molecule has 0 bridgehead atoms. The van der Waals surface area contributed by atoms with Gasteiger partial charge in [0, 0.05) is 19.1 Å². The topological polar surface area (TPSA) is 57.6 Å². The van der Waals surface area contributed by atoms with Crippen molar-refractivity contribution in [2.75, 3.05) is 0 Å². The molecular weight excluding hydrogens is 192 g/mol. The van der Waals surface area contributed by atoms with Crippen molar-refractivity contribution in [1.29, 1.82) is 0 Å². The number of imidazole rings is 1. The third kappa shape index (κ3) is 1.44. The fourth-order valence-corrected chi connectivity index (χ4v) is 1.75. The van der Waals surface area contributed by atoms with Gasteiger partial charge in [-0.2, -0.15) is 0 Å². The molecule has 5 heteroatoms. The number of hydrogen-bond donors (Lipinski definition) is 0. The van der Waals surface area contributed by atoms with Gasteiger partial charge in [-0.1, -0.05) is 18.2 Å². The molecule has 0 radical (unpaired) electrons. The van der Waals surface area contributed by atoms with E-state index in [-0.39, 0.29) is 0 Å². The van der Waals surface area contributed by atoms with Crippen LogP contribution >= 0.6 is 0 Å². The van der Waals surface area contributed by atoms with E-state index in [0.29, 0.717) is 16.2 Å². The van der Waals surface area contributed by atoms with Gasteiger partial charge in [0.05, 0.1) is 11.9 Å². The molecule has 0 N–H and O–H groups in total. The normalized spacial score (nSPS) is 11.1. The van der Waals surface area contributed by atoms with E-state index in [2.05, 4.69) is 17.0 Å². The van der Waals surface area contributed by atoms with Gasteiger partial charge in [-0.05, 0) is 6.42 Å². The monoisotopic (exact) mass is 206 g/mol. The third-order valence-electron chi connectivity index (χ3n) is 2.60. The molecule has 15 heavy (non-hydrogen) atoms. The molecule has 0 unspecified atom stereocenters. The molecule has 5 nitrogen and oxygen atoms in total. The second-order valence-corrected chi connectivity index (χ2v) is 3.71. The van der Waals surface area contributed by atoms with Crippen molar-refractivity contribution in [3.8, 4) is 0 Å². The van der Waals surface area contributed by atoms with Crippen molar-refractivity contribution < 1.29 is 4.85 Å². The number of nitrogens with zero attached hydrogens (tertiary/aromatic N) is 4. The number of fused-ring (bicyclic) bond motifs is 1. The molecule has 0 saturated heterocycles. The average Bonchev–Trinajstić information content (AvgIpc) is 2.56. The number of rotatable bonds is 2. The number of aryl methyl sites for hydroxylation is 2. The first-order chi connectivity index (χ1) is 7.15. The summed E-state index contributed by atoms with van der Waals surface area (Å²) in [5, 5.41) is 15.5. The standard InChI is InChI=1S/C10H14N4O/c1-4-5-8-7(2)14(15)12-10-9(8)11-6-13(10)3/h6H,4-5H2,1-3H3. The molecule has 0 amide bonds. The summed E-state index contributed by atoms with van der Waals surface area (Å²) in [6.45, 7) is 3.88. The molecule has 0 spiro atoms. The van der Waals surface area contributed by atoms with Crippen LogP contribution in [0.25, 0.3) is 11.2 Å². The van der Waals surface area contributed by atoms with Crippen LogP contribution in [-0.2, 0) is 13.5 Å². The van der Waals surface area contributed by atoms with Gasteiger partial charge in [0.15, 0.2) is 0 Å². The summed E-state index contributed by atoms with van der Waals surface area (Å²) in [7, 11) is 1.84. The maximum Gasteiger partial charge on any atom is 0.229 e. The Bertz CT molecular complexity index is 504. The Hall–Kier alpha value is -1.65. The zero-order chi connectivity index (χ0) is 11.0. The van der Waals surface area contributed by atoms with Gasteiger partial charge in [0.2, 0.25) is 11.3 Å². The summed E-state index contributed by atoms with van der Waals surface area (Å²) in [5.41, 5.74) is 3.17. The van der Waals surface area contributed by atoms with Crippen LogP contribution in [0.5, 0.6) is 0 Å². The summed E-state index contributed by atoms with van der Waals surface area (Å²) in [6.07, 6.45) is 3.55. The molecule has 0 saturated carbocycles. The Morgan fingerprint density at radius 2 is 2.27 bits per heavy atom. The molecule has 0 aliphatic carbocycles. The van der Waals surface area contributed by atoms with Crippen molar-refractivity contribution in [2.24, 2.45) is 7.05 Å². The van der Waals surface area contributed by atoms with Crippen LogP contribution in [0.4, 0.5) is 0 Å². The van der Waals surface area contributed by atoms with Crippen molar-refractivity contribution >= 4 is 11.2 Å². The Morgan fingerprint density at radius 3 is 2.93 bits per heavy atom. The van der Waals surface area contributed by atoms with Crippen LogP contribution in [0.3, 0.4) is 0 Å². The minimum atomic E-state index is 0.652. The van der Waals surface area contributed by atoms with Crippen molar-refractivity contribution in [1.82, 2.24) is 14.6 Å². The lowest BCUT2D eigenvalue weighted by atomic mass is 10.1. The molecule has 0 aliphatic heterocycles. The van der Waals surface area contributed by atoms with Crippen LogP contribution in [0.15, 0.2) is 6.33 Å². The highest BCUT2D eigenvalue weighted by molar-refractivity contribution is 5.74. The predicted molar refractivity (Wildman–Crippen MR) is 56.2 cm³/mol. The molecule has 2 rings (SSSR count). The summed E-state index contributed by atoms with van der Waals surface area (Å²) < 4.78 is 1.77. The van der Waals surface area contributed by atoms with Crippen LogP contribution < -0.4 is 4.85 Å². The van der Waals surface area contributed by atoms with E-state index in [1.165, 1.54) is 0 Å². The van der Waals surface area contributed by atoms with E-state index in [4.69, 9.17) is 0 Å². The maximum atomic E-state index is 11.5. The molecular formula is C10H14N4O. The zero-order valence-corrected chi connectivity index (χ0v) is 9.19. The molecule has 0 atom stereocenters. The van der Waals surface area contributed by atoms with Gasteiger partial charge in [-0.3, -0.25) is 0 Å². The molecule has 0 aromatic carbocycles. The molecule has 2 aromatic heterocycles. The highest BCUT2D eigenvalue weighted by Crippen LogP contribution is 2.16. The summed E-state index contributed by atoms with van der Waals surface area (Å²) in [4.78, 5) is 4.98. The number of aromatic nitrogens is 4. The average molecular weight is 206 g/mol. The maximum absolute atomic E-state index is 11.5. The van der Waals surface area contributed by atoms with Gasteiger partial charge < -0.3 is 9.77 Å². The van der Waals surface area contributed by atoms with E-state index in [1.54, 1.807) is 17.8 Å². The predicted octanol–water partition coefficient (Wildman–Crippen LogP) is 0.863. The Kier molecular flexibility index (Phi) is 2.30. The van der Waals surface area contributed by atoms with E-state index < -0.39 is 0 Å². The highest BCUT2D eigenvalue weighted by Gasteiger charge is 2.17. The fourth-order valence-electron chi connectivity index (χ4n) is 1.75. The summed E-state index contributed by atoms with van der Waals surface area (Å²) in [6, 6.07) is 0. The van der Waals surface area contributed by atoms with Gasteiger partial charge in [-0.25, -0.2) is 4.98 Å². The summed E-state index contributed by atoms with van der Waals surface area (Å²) >= 11 is 0. The first kappa shape index (κ1) is 9.89. The first-order valence-electron chi connectivity index (χ1n) is 5.05. The Labute approximate surface area is 87.9 Å². The third-order valence-corrected chi connectivity index (χ3v) is 2.60. The molecule has 0 aliphatic rings. The van der Waals surface area contributed by atoms with Crippen molar-refractivity contribution in [3.63, 3.8) is 0 Å². The Balaban J connectivity index is 2.78. The van der Waals surface area contributed by atoms with E-state index in [9.17, 15) is 5.21 Å². The van der Waals surface area contributed by atoms with Gasteiger partial charge in [0.25, 0.3) is 0 Å². The lowest BCUT2D eigenvalue weighted by molar-refractivity contribution is -0.673. The minimum absolute atomic E-state index is 0.652. The highest BCUT2D eigenvalue weighted by atomic mass is 16.5. The Morgan fingerprint density at radius 1 is 1.53 bits per heavy atom. The van der Waals surface area contributed by atoms with Crippen LogP contribution in [0.1, 0.15) is 24.6 Å². The van der Waals surface area contributed by atoms with Crippen LogP contribution in [0, 0.1) is 12.1 Å². The SMILES string of the molecule is CCCc1c(C)[n+]([O-])nc2c1ncn2C. The zero-order valence-electron chi connectivity index (χ0n) is 9.19. The second kappa shape index (κ2) is 3.49. The molecule has 2 heterocycles.